The molecule has 2 aromatic carbocycles. The minimum absolute atomic E-state index is 0.244. The van der Waals surface area contributed by atoms with Crippen molar-refractivity contribution in [3.63, 3.8) is 0 Å². The van der Waals surface area contributed by atoms with Gasteiger partial charge in [0.1, 0.15) is 23.7 Å². The standard InChI is InChI=1S/C25H22Cl2FN3O6/c1-2-11-10-31(25(35)30-22(11)33)24-20(28)21(32)18(37-24)9-29-23(34)19-12-5-3-4-6-16(12)36-17-8-15(27)14(26)7-13(17)19/h3-8,10,18-21,24,32H,2,9H2,1H3,(H,29,34)(H,30,33,35)/t18-,19?,20+,21-,24-/m1/s1. The van der Waals surface area contributed by atoms with Crippen LogP contribution in [0.4, 0.5) is 4.39 Å². The molecule has 2 aliphatic rings. The number of aromatic amines is 1. The number of hydrogen-bond acceptors (Lipinski definition) is 6. The second kappa shape index (κ2) is 9.94. The highest BCUT2D eigenvalue weighted by molar-refractivity contribution is 6.42. The molecule has 0 spiro atoms. The van der Waals surface area contributed by atoms with Gasteiger partial charge < -0.3 is 19.9 Å². The highest BCUT2D eigenvalue weighted by Crippen LogP contribution is 2.46. The van der Waals surface area contributed by atoms with Gasteiger partial charge in [0.05, 0.1) is 16.0 Å². The number of nitrogens with one attached hydrogen (secondary N) is 2. The first-order chi connectivity index (χ1) is 17.7. The number of hydrogen-bond donors (Lipinski definition) is 3. The molecule has 5 rings (SSSR count). The van der Waals surface area contributed by atoms with E-state index in [1.54, 1.807) is 37.3 Å². The summed E-state index contributed by atoms with van der Waals surface area (Å²) < 4.78 is 27.5. The minimum atomic E-state index is -1.97. The number of aliphatic hydroxyl groups is 1. The summed E-state index contributed by atoms with van der Waals surface area (Å²) in [6, 6.07) is 10.1. The molecule has 3 heterocycles. The summed E-state index contributed by atoms with van der Waals surface area (Å²) in [6.07, 6.45) is -4.70. The normalized spacial score (nSPS) is 24.2. The van der Waals surface area contributed by atoms with Crippen molar-refractivity contribution >= 4 is 29.1 Å². The van der Waals surface area contributed by atoms with Gasteiger partial charge in [0.2, 0.25) is 5.91 Å². The van der Waals surface area contributed by atoms with Crippen LogP contribution in [-0.4, -0.2) is 45.5 Å². The molecule has 12 heteroatoms. The average molecular weight is 550 g/mol. The van der Waals surface area contributed by atoms with Crippen molar-refractivity contribution in [1.82, 2.24) is 14.9 Å². The maximum atomic E-state index is 15.0. The number of ether oxygens (including phenoxy) is 2. The fraction of sp³-hybridized carbons (Fsp3) is 0.320. The number of para-hydroxylation sites is 1. The lowest BCUT2D eigenvalue weighted by molar-refractivity contribution is -0.123. The van der Waals surface area contributed by atoms with Crippen molar-refractivity contribution in [3.8, 4) is 11.5 Å². The molecule has 37 heavy (non-hydrogen) atoms. The Kier molecular flexibility index (Phi) is 6.84. The quantitative estimate of drug-likeness (QED) is 0.449. The van der Waals surface area contributed by atoms with Gasteiger partial charge in [-0.15, -0.1) is 0 Å². The molecule has 0 aliphatic carbocycles. The maximum absolute atomic E-state index is 15.0. The molecule has 0 bridgehead atoms. The number of benzene rings is 2. The molecule has 2 aliphatic heterocycles. The fourth-order valence-electron chi connectivity index (χ4n) is 4.61. The van der Waals surface area contributed by atoms with E-state index in [9.17, 15) is 19.5 Å². The van der Waals surface area contributed by atoms with Crippen LogP contribution in [0.5, 0.6) is 11.5 Å². The number of amides is 1. The molecule has 1 aromatic heterocycles. The van der Waals surface area contributed by atoms with Crippen LogP contribution in [0, 0.1) is 0 Å². The van der Waals surface area contributed by atoms with Crippen LogP contribution >= 0.6 is 23.2 Å². The zero-order valence-corrected chi connectivity index (χ0v) is 20.9. The molecule has 9 nitrogen and oxygen atoms in total. The summed E-state index contributed by atoms with van der Waals surface area (Å²) >= 11 is 12.4. The van der Waals surface area contributed by atoms with Gasteiger partial charge in [-0.05, 0) is 18.6 Å². The van der Waals surface area contributed by atoms with Gasteiger partial charge in [-0.3, -0.25) is 19.1 Å². The predicted molar refractivity (Wildman–Crippen MR) is 133 cm³/mol. The van der Waals surface area contributed by atoms with E-state index in [0.29, 0.717) is 29.0 Å². The Morgan fingerprint density at radius 1 is 1.16 bits per heavy atom. The van der Waals surface area contributed by atoms with Crippen molar-refractivity contribution in [2.45, 2.75) is 43.9 Å². The monoisotopic (exact) mass is 549 g/mol. The van der Waals surface area contributed by atoms with Crippen LogP contribution < -0.4 is 21.3 Å². The van der Waals surface area contributed by atoms with Crippen molar-refractivity contribution in [1.29, 1.82) is 0 Å². The highest BCUT2D eigenvalue weighted by atomic mass is 35.5. The van der Waals surface area contributed by atoms with E-state index < -0.39 is 47.7 Å². The van der Waals surface area contributed by atoms with E-state index in [1.807, 2.05) is 0 Å². The first kappa shape index (κ1) is 25.5. The lowest BCUT2D eigenvalue weighted by atomic mass is 9.87. The number of rotatable bonds is 5. The van der Waals surface area contributed by atoms with Crippen molar-refractivity contribution in [2.75, 3.05) is 6.54 Å². The molecule has 1 amide bonds. The Morgan fingerprint density at radius 3 is 2.65 bits per heavy atom. The number of carbonyl (C=O) groups is 1. The smallest absolute Gasteiger partial charge is 0.330 e. The summed E-state index contributed by atoms with van der Waals surface area (Å²) in [5.41, 5.74) is -0.0894. The Labute approximate surface area is 219 Å². The largest absolute Gasteiger partial charge is 0.457 e. The number of H-pyrrole nitrogens is 1. The zero-order chi connectivity index (χ0) is 26.4. The van der Waals surface area contributed by atoms with Crippen LogP contribution in [0.3, 0.4) is 0 Å². The van der Waals surface area contributed by atoms with Gasteiger partial charge in [-0.1, -0.05) is 48.3 Å². The number of aromatic nitrogens is 2. The molecule has 3 N–H and O–H groups in total. The van der Waals surface area contributed by atoms with Crippen LogP contribution in [0.15, 0.2) is 52.2 Å². The number of carbonyl (C=O) groups excluding carboxylic acids is 1. The maximum Gasteiger partial charge on any atom is 0.330 e. The molecular formula is C25H22Cl2FN3O6. The Balaban J connectivity index is 1.38. The average Bonchev–Trinajstić information content (AvgIpc) is 3.15. The van der Waals surface area contributed by atoms with E-state index in [4.69, 9.17) is 32.7 Å². The SMILES string of the molecule is CCc1cn([C@@H]2O[C@H](CNC(=O)C3c4ccccc4Oc4cc(Cl)c(Cl)cc43)[C@@H](O)[C@@H]2F)c(=O)[nH]c1=O. The number of aliphatic hydroxyl groups excluding tert-OH is 1. The molecule has 1 saturated heterocycles. The van der Waals surface area contributed by atoms with Crippen LogP contribution in [-0.2, 0) is 16.0 Å². The number of nitrogens with zero attached hydrogens (tertiary/aromatic N) is 1. The van der Waals surface area contributed by atoms with Gasteiger partial charge in [0.15, 0.2) is 12.4 Å². The van der Waals surface area contributed by atoms with Crippen LogP contribution in [0.25, 0.3) is 0 Å². The first-order valence-corrected chi connectivity index (χ1v) is 12.3. The highest BCUT2D eigenvalue weighted by Gasteiger charge is 2.46. The number of fused-ring (bicyclic) bond motifs is 2. The number of alkyl halides is 1. The topological polar surface area (TPSA) is 123 Å². The van der Waals surface area contributed by atoms with E-state index in [1.165, 1.54) is 12.3 Å². The van der Waals surface area contributed by atoms with Crippen molar-refractivity contribution < 1.29 is 23.8 Å². The third kappa shape index (κ3) is 4.54. The third-order valence-electron chi connectivity index (χ3n) is 6.54. The summed E-state index contributed by atoms with van der Waals surface area (Å²) in [5, 5.41) is 13.7. The number of aryl methyl sites for hydroxylation is 1. The lowest BCUT2D eigenvalue weighted by Crippen LogP contribution is -2.41. The van der Waals surface area contributed by atoms with Gasteiger partial charge in [0.25, 0.3) is 5.56 Å². The second-order valence-corrected chi connectivity index (χ2v) is 9.61. The van der Waals surface area contributed by atoms with Gasteiger partial charge in [-0.2, -0.15) is 0 Å². The molecule has 1 unspecified atom stereocenters. The molecule has 1 fully saturated rings. The van der Waals surface area contributed by atoms with Gasteiger partial charge in [0, 0.05) is 35.5 Å². The first-order valence-electron chi connectivity index (χ1n) is 11.5. The van der Waals surface area contributed by atoms with Crippen molar-refractivity contribution in [2.24, 2.45) is 0 Å². The van der Waals surface area contributed by atoms with Gasteiger partial charge >= 0.3 is 5.69 Å². The Morgan fingerprint density at radius 2 is 1.89 bits per heavy atom. The van der Waals surface area contributed by atoms with E-state index in [2.05, 4.69) is 10.3 Å². The zero-order valence-electron chi connectivity index (χ0n) is 19.4. The third-order valence-corrected chi connectivity index (χ3v) is 7.27. The second-order valence-electron chi connectivity index (χ2n) is 8.80. The fourth-order valence-corrected chi connectivity index (χ4v) is 4.93. The Bertz CT molecular complexity index is 1490. The van der Waals surface area contributed by atoms with Crippen molar-refractivity contribution in [3.05, 3.63) is 90.2 Å². The summed E-state index contributed by atoms with van der Waals surface area (Å²) in [6.45, 7) is 1.47. The van der Waals surface area contributed by atoms with Gasteiger partial charge in [-0.25, -0.2) is 9.18 Å². The molecule has 0 radical (unpaired) electrons. The van der Waals surface area contributed by atoms with E-state index in [-0.39, 0.29) is 22.2 Å². The molecule has 0 saturated carbocycles. The van der Waals surface area contributed by atoms with Crippen LogP contribution in [0.1, 0.15) is 35.8 Å². The van der Waals surface area contributed by atoms with Crippen LogP contribution in [0.2, 0.25) is 10.0 Å². The number of halogens is 3. The van der Waals surface area contributed by atoms with E-state index in [0.717, 1.165) is 4.57 Å². The summed E-state index contributed by atoms with van der Waals surface area (Å²) in [4.78, 5) is 39.7. The summed E-state index contributed by atoms with van der Waals surface area (Å²) in [5.74, 6) is -0.434. The Hall–Kier alpha value is -3.18. The van der Waals surface area contributed by atoms with E-state index >= 15 is 4.39 Å². The minimum Gasteiger partial charge on any atom is -0.457 e. The molecule has 194 valence electrons. The molecule has 3 aromatic rings. The molecule has 5 atom stereocenters. The predicted octanol–water partition coefficient (Wildman–Crippen LogP) is 3.06. The molecular weight excluding hydrogens is 528 g/mol. The summed E-state index contributed by atoms with van der Waals surface area (Å²) in [7, 11) is 0. The lowest BCUT2D eigenvalue weighted by Gasteiger charge is -2.28.